The number of rotatable bonds is 6. The number of benzene rings is 2. The summed E-state index contributed by atoms with van der Waals surface area (Å²) in [6, 6.07) is 14.2. The van der Waals surface area contributed by atoms with Gasteiger partial charge >= 0.3 is 0 Å². The normalized spacial score (nSPS) is 10.3. The van der Waals surface area contributed by atoms with Crippen molar-refractivity contribution in [3.05, 3.63) is 83.6 Å². The summed E-state index contributed by atoms with van der Waals surface area (Å²) in [6.45, 7) is 0.224. The molecule has 0 bridgehead atoms. The molecule has 0 unspecified atom stereocenters. The van der Waals surface area contributed by atoms with E-state index >= 15 is 0 Å². The highest BCUT2D eigenvalue weighted by Gasteiger charge is 2.11. The maximum atomic E-state index is 12.9. The largest absolute Gasteiger partial charge is 0.347 e. The summed E-state index contributed by atoms with van der Waals surface area (Å²) in [4.78, 5) is 32.3. The number of nitrogens with zero attached hydrogens (tertiary/aromatic N) is 2. The smallest absolute Gasteiger partial charge is 0.270 e. The molecule has 0 saturated heterocycles. The Morgan fingerprint density at radius 1 is 0.964 bits per heavy atom. The van der Waals surface area contributed by atoms with Gasteiger partial charge in [-0.25, -0.2) is 14.4 Å². The molecule has 0 spiro atoms. The Morgan fingerprint density at radius 3 is 2.36 bits per heavy atom. The predicted molar refractivity (Wildman–Crippen MR) is 104 cm³/mol. The van der Waals surface area contributed by atoms with Gasteiger partial charge in [-0.2, -0.15) is 0 Å². The van der Waals surface area contributed by atoms with Gasteiger partial charge in [-0.3, -0.25) is 9.59 Å². The Labute approximate surface area is 162 Å². The molecule has 2 aromatic carbocycles. The first-order valence-electron chi connectivity index (χ1n) is 8.48. The Hall–Kier alpha value is -3.55. The van der Waals surface area contributed by atoms with Crippen molar-refractivity contribution in [1.82, 2.24) is 15.3 Å². The zero-order valence-electron chi connectivity index (χ0n) is 14.9. The van der Waals surface area contributed by atoms with Crippen LogP contribution in [0.25, 0.3) is 0 Å². The summed E-state index contributed by atoms with van der Waals surface area (Å²) >= 11 is 0. The van der Waals surface area contributed by atoms with Gasteiger partial charge in [0.05, 0.1) is 6.42 Å². The predicted octanol–water partition coefficient (Wildman–Crippen LogP) is 1.52. The Balaban J connectivity index is 1.57. The average molecular weight is 374 g/mol. The number of carbonyl (C=O) groups is 2. The van der Waals surface area contributed by atoms with Crippen LogP contribution < -0.4 is 16.1 Å². The van der Waals surface area contributed by atoms with Crippen molar-refractivity contribution in [2.45, 2.75) is 13.0 Å². The summed E-state index contributed by atoms with van der Waals surface area (Å²) in [7, 11) is 5.62. The van der Waals surface area contributed by atoms with E-state index in [1.54, 1.807) is 36.4 Å². The van der Waals surface area contributed by atoms with E-state index in [-0.39, 0.29) is 36.2 Å². The molecule has 1 aromatic heterocycles. The van der Waals surface area contributed by atoms with E-state index in [0.29, 0.717) is 5.46 Å². The van der Waals surface area contributed by atoms with Crippen LogP contribution >= 0.6 is 0 Å². The van der Waals surface area contributed by atoms with E-state index in [4.69, 9.17) is 7.85 Å². The maximum Gasteiger partial charge on any atom is 0.270 e. The summed E-state index contributed by atoms with van der Waals surface area (Å²) in [5.74, 6) is -0.825. The van der Waals surface area contributed by atoms with E-state index < -0.39 is 5.91 Å². The highest BCUT2D eigenvalue weighted by molar-refractivity contribution is 6.32. The molecule has 3 rings (SSSR count). The Bertz CT molecular complexity index is 978. The number of hydrogen-bond acceptors (Lipinski definition) is 4. The van der Waals surface area contributed by atoms with Gasteiger partial charge in [0.15, 0.2) is 0 Å². The van der Waals surface area contributed by atoms with Crippen molar-refractivity contribution in [3.8, 4) is 0 Å². The minimum atomic E-state index is -0.430. The highest BCUT2D eigenvalue weighted by atomic mass is 19.1. The van der Waals surface area contributed by atoms with Crippen LogP contribution in [0.3, 0.4) is 0 Å². The summed E-state index contributed by atoms with van der Waals surface area (Å²) in [5, 5.41) is 5.32. The van der Waals surface area contributed by atoms with Crippen molar-refractivity contribution in [3.63, 3.8) is 0 Å². The molecular weight excluding hydrogens is 358 g/mol. The SMILES string of the molecule is [B]c1ccc(CC(=O)Nc2cc(C(=O)NCc3ccc(F)cc3)ncn2)cc1. The summed E-state index contributed by atoms with van der Waals surface area (Å²) in [5.41, 5.74) is 2.29. The molecule has 138 valence electrons. The molecule has 0 aliphatic rings. The zero-order chi connectivity index (χ0) is 19.9. The Morgan fingerprint density at radius 2 is 1.64 bits per heavy atom. The lowest BCUT2D eigenvalue weighted by atomic mass is 9.95. The van der Waals surface area contributed by atoms with Crippen molar-refractivity contribution < 1.29 is 14.0 Å². The van der Waals surface area contributed by atoms with E-state index in [2.05, 4.69) is 20.6 Å². The van der Waals surface area contributed by atoms with Crippen molar-refractivity contribution in [1.29, 1.82) is 0 Å². The third-order valence-electron chi connectivity index (χ3n) is 3.88. The first-order chi connectivity index (χ1) is 13.5. The fraction of sp³-hybridized carbons (Fsp3) is 0.100. The number of amides is 2. The van der Waals surface area contributed by atoms with Crippen LogP contribution in [0.4, 0.5) is 10.2 Å². The van der Waals surface area contributed by atoms with E-state index in [9.17, 15) is 14.0 Å². The van der Waals surface area contributed by atoms with Crippen LogP contribution in [0, 0.1) is 5.82 Å². The van der Waals surface area contributed by atoms with Gasteiger partial charge in [0.25, 0.3) is 5.91 Å². The van der Waals surface area contributed by atoms with Gasteiger partial charge < -0.3 is 10.6 Å². The fourth-order valence-electron chi connectivity index (χ4n) is 2.43. The number of carbonyl (C=O) groups excluding carboxylic acids is 2. The quantitative estimate of drug-likeness (QED) is 0.641. The molecule has 0 aliphatic carbocycles. The average Bonchev–Trinajstić information content (AvgIpc) is 2.69. The maximum absolute atomic E-state index is 12.9. The molecule has 2 amide bonds. The fourth-order valence-corrected chi connectivity index (χ4v) is 2.43. The van der Waals surface area contributed by atoms with E-state index in [1.807, 2.05) is 0 Å². The lowest BCUT2D eigenvalue weighted by Crippen LogP contribution is -2.24. The van der Waals surface area contributed by atoms with Gasteiger partial charge in [-0.05, 0) is 23.3 Å². The van der Waals surface area contributed by atoms with Gasteiger partial charge in [-0.15, -0.1) is 0 Å². The summed E-state index contributed by atoms with van der Waals surface area (Å²) < 4.78 is 12.9. The van der Waals surface area contributed by atoms with Crippen LogP contribution in [0.1, 0.15) is 21.6 Å². The lowest BCUT2D eigenvalue weighted by Gasteiger charge is -2.07. The van der Waals surface area contributed by atoms with Gasteiger partial charge in [0.1, 0.15) is 31.5 Å². The molecule has 28 heavy (non-hydrogen) atoms. The number of halogens is 1. The number of hydrogen-bond donors (Lipinski definition) is 2. The monoisotopic (exact) mass is 374 g/mol. The molecular formula is C20H16BFN4O2. The minimum Gasteiger partial charge on any atom is -0.347 e. The van der Waals surface area contributed by atoms with Gasteiger partial charge in [0.2, 0.25) is 5.91 Å². The van der Waals surface area contributed by atoms with E-state index in [1.165, 1.54) is 24.5 Å². The van der Waals surface area contributed by atoms with Crippen LogP contribution in [0.5, 0.6) is 0 Å². The number of nitrogens with one attached hydrogen (secondary N) is 2. The lowest BCUT2D eigenvalue weighted by molar-refractivity contribution is -0.115. The number of aromatic nitrogens is 2. The molecule has 8 heteroatoms. The standard InChI is InChI=1S/C20H16BFN4O2/c21-15-5-1-13(2-6-15)9-19(27)26-18-10-17(24-12-25-18)20(28)23-11-14-3-7-16(22)8-4-14/h1-8,10,12H,9,11H2,(H,23,28)(H,24,25,26,27). The second-order valence-electron chi connectivity index (χ2n) is 6.06. The molecule has 0 aliphatic heterocycles. The molecule has 0 atom stereocenters. The minimum absolute atomic E-state index is 0.111. The second kappa shape index (κ2) is 8.90. The van der Waals surface area contributed by atoms with Crippen molar-refractivity contribution in [2.24, 2.45) is 0 Å². The highest BCUT2D eigenvalue weighted by Crippen LogP contribution is 2.07. The molecule has 0 fully saturated rings. The second-order valence-corrected chi connectivity index (χ2v) is 6.06. The first-order valence-corrected chi connectivity index (χ1v) is 8.48. The van der Waals surface area contributed by atoms with Gasteiger partial charge in [0, 0.05) is 12.6 Å². The van der Waals surface area contributed by atoms with Gasteiger partial charge in [-0.1, -0.05) is 41.9 Å². The Kier molecular flexibility index (Phi) is 6.11. The van der Waals surface area contributed by atoms with Crippen molar-refractivity contribution in [2.75, 3.05) is 5.32 Å². The van der Waals surface area contributed by atoms with Crippen LogP contribution in [-0.2, 0) is 17.8 Å². The van der Waals surface area contributed by atoms with Crippen molar-refractivity contribution >= 4 is 30.9 Å². The molecule has 0 saturated carbocycles. The van der Waals surface area contributed by atoms with Crippen LogP contribution in [0.15, 0.2) is 60.9 Å². The molecule has 1 heterocycles. The molecule has 2 N–H and O–H groups in total. The molecule has 2 radical (unpaired) electrons. The molecule has 6 nitrogen and oxygen atoms in total. The first kappa shape index (κ1) is 19.2. The third-order valence-corrected chi connectivity index (χ3v) is 3.88. The zero-order valence-corrected chi connectivity index (χ0v) is 14.9. The summed E-state index contributed by atoms with van der Waals surface area (Å²) in [6.07, 6.45) is 1.35. The molecule has 3 aromatic rings. The van der Waals surface area contributed by atoms with E-state index in [0.717, 1.165) is 11.1 Å². The van der Waals surface area contributed by atoms with Crippen LogP contribution in [-0.4, -0.2) is 29.6 Å². The topological polar surface area (TPSA) is 84.0 Å². The van der Waals surface area contributed by atoms with Crippen LogP contribution in [0.2, 0.25) is 0 Å². The third kappa shape index (κ3) is 5.47. The number of anilines is 1.